The molecule has 21 heavy (non-hydrogen) atoms. The Hall–Kier alpha value is -0.680. The second kappa shape index (κ2) is 5.84. The van der Waals surface area contributed by atoms with E-state index in [-0.39, 0.29) is 4.87 Å². The molecule has 0 bridgehead atoms. The van der Waals surface area contributed by atoms with Gasteiger partial charge in [-0.1, -0.05) is 6.07 Å². The highest BCUT2D eigenvalue weighted by Gasteiger charge is 2.43. The molecule has 0 aliphatic heterocycles. The van der Waals surface area contributed by atoms with E-state index >= 15 is 0 Å². The Bertz CT molecular complexity index is 577. The van der Waals surface area contributed by atoms with Gasteiger partial charge in [-0.2, -0.15) is 13.2 Å². The maximum absolute atomic E-state index is 12.4. The molecular formula is C15H17ClF3NS. The number of alkyl halides is 4. The molecule has 0 saturated heterocycles. The number of hydrogen-bond donors (Lipinski definition) is 0. The van der Waals surface area contributed by atoms with Crippen molar-refractivity contribution < 1.29 is 13.2 Å². The molecule has 0 spiro atoms. The van der Waals surface area contributed by atoms with E-state index in [1.165, 1.54) is 0 Å². The summed E-state index contributed by atoms with van der Waals surface area (Å²) < 4.78 is 37.1. The van der Waals surface area contributed by atoms with Crippen molar-refractivity contribution in [3.63, 3.8) is 0 Å². The highest BCUT2D eigenvalue weighted by molar-refractivity contribution is 7.99. The fraction of sp³-hybridized carbons (Fsp3) is 0.533. The monoisotopic (exact) mass is 335 g/mol. The van der Waals surface area contributed by atoms with Crippen LogP contribution in [-0.2, 0) is 0 Å². The predicted molar refractivity (Wildman–Crippen MR) is 83.3 cm³/mol. The molecule has 0 atom stereocenters. The summed E-state index contributed by atoms with van der Waals surface area (Å²) in [7, 11) is 0. The molecule has 1 aliphatic rings. The first-order chi connectivity index (χ1) is 9.61. The summed E-state index contributed by atoms with van der Waals surface area (Å²) >= 11 is 7.10. The number of hydrogen-bond acceptors (Lipinski definition) is 2. The highest BCUT2D eigenvalue weighted by atomic mass is 35.5. The van der Waals surface area contributed by atoms with E-state index in [1.54, 1.807) is 6.07 Å². The lowest BCUT2D eigenvalue weighted by Gasteiger charge is -2.12. The number of nitrogens with zero attached hydrogens (tertiary/aromatic N) is 1. The van der Waals surface area contributed by atoms with Crippen molar-refractivity contribution in [2.45, 2.75) is 49.6 Å². The molecule has 0 radical (unpaired) electrons. The van der Waals surface area contributed by atoms with Gasteiger partial charge in [-0.15, -0.1) is 23.4 Å². The van der Waals surface area contributed by atoms with Crippen molar-refractivity contribution in [3.8, 4) is 0 Å². The summed E-state index contributed by atoms with van der Waals surface area (Å²) in [5, 5.41) is 0. The quantitative estimate of drug-likeness (QED) is 0.383. The van der Waals surface area contributed by atoms with Crippen LogP contribution in [0.15, 0.2) is 22.0 Å². The lowest BCUT2D eigenvalue weighted by atomic mass is 10.1. The highest BCUT2D eigenvalue weighted by Crippen LogP contribution is 2.45. The zero-order valence-electron chi connectivity index (χ0n) is 12.1. The van der Waals surface area contributed by atoms with Crippen molar-refractivity contribution in [2.24, 2.45) is 4.99 Å². The second-order valence-corrected chi connectivity index (χ2v) is 7.21. The Morgan fingerprint density at radius 1 is 1.29 bits per heavy atom. The molecule has 1 aliphatic carbocycles. The standard InChI is InChI=1S/C15H17ClF3NS/c1-9-6-10(2)13(21-8-15(17,18)19)7-12(9)20-11(3)14(16)4-5-14/h6-7H,4-5,8H2,1-3H3. The van der Waals surface area contributed by atoms with Gasteiger partial charge in [0.25, 0.3) is 0 Å². The van der Waals surface area contributed by atoms with Gasteiger partial charge in [0.1, 0.15) is 0 Å². The minimum Gasteiger partial charge on any atom is -0.256 e. The van der Waals surface area contributed by atoms with Crippen LogP contribution in [0.2, 0.25) is 0 Å². The summed E-state index contributed by atoms with van der Waals surface area (Å²) in [6.45, 7) is 5.60. The Morgan fingerprint density at radius 3 is 2.43 bits per heavy atom. The van der Waals surface area contributed by atoms with Gasteiger partial charge in [-0.25, -0.2) is 0 Å². The third-order valence-corrected chi connectivity index (χ3v) is 5.38. The number of thioether (sulfide) groups is 1. The second-order valence-electron chi connectivity index (χ2n) is 5.47. The fourth-order valence-corrected chi connectivity index (χ4v) is 2.95. The van der Waals surface area contributed by atoms with E-state index in [0.717, 1.165) is 41.4 Å². The summed E-state index contributed by atoms with van der Waals surface area (Å²) in [5.74, 6) is -0.890. The molecule has 2 rings (SSSR count). The van der Waals surface area contributed by atoms with Crippen molar-refractivity contribution in [3.05, 3.63) is 23.3 Å². The third kappa shape index (κ3) is 4.39. The van der Waals surface area contributed by atoms with Crippen molar-refractivity contribution in [1.82, 2.24) is 0 Å². The molecular weight excluding hydrogens is 319 g/mol. The van der Waals surface area contributed by atoms with Gasteiger partial charge in [-0.05, 0) is 50.8 Å². The molecule has 0 unspecified atom stereocenters. The van der Waals surface area contributed by atoms with Gasteiger partial charge in [0.15, 0.2) is 0 Å². The number of halogens is 4. The predicted octanol–water partition coefficient (Wildman–Crippen LogP) is 5.82. The molecule has 0 aromatic heterocycles. The van der Waals surface area contributed by atoms with Crippen LogP contribution in [0.25, 0.3) is 0 Å². The summed E-state index contributed by atoms with van der Waals surface area (Å²) in [6, 6.07) is 3.60. The number of aryl methyl sites for hydroxylation is 2. The van der Waals surface area contributed by atoms with E-state index in [1.807, 2.05) is 26.8 Å². The van der Waals surface area contributed by atoms with Crippen molar-refractivity contribution >= 4 is 34.8 Å². The van der Waals surface area contributed by atoms with E-state index < -0.39 is 11.9 Å². The first kappa shape index (κ1) is 16.7. The van der Waals surface area contributed by atoms with Crippen LogP contribution in [0.5, 0.6) is 0 Å². The van der Waals surface area contributed by atoms with E-state index in [9.17, 15) is 13.2 Å². The van der Waals surface area contributed by atoms with Gasteiger partial charge >= 0.3 is 6.18 Å². The molecule has 116 valence electrons. The van der Waals surface area contributed by atoms with E-state index in [2.05, 4.69) is 4.99 Å². The van der Waals surface area contributed by atoms with Crippen molar-refractivity contribution in [1.29, 1.82) is 0 Å². The average molecular weight is 336 g/mol. The summed E-state index contributed by atoms with van der Waals surface area (Å²) in [6.07, 6.45) is -2.36. The van der Waals surface area contributed by atoms with Crippen LogP contribution in [-0.4, -0.2) is 22.5 Å². The SMILES string of the molecule is CC(=Nc1cc(SCC(F)(F)F)c(C)cc1C)C1(Cl)CC1. The molecule has 1 aromatic carbocycles. The van der Waals surface area contributed by atoms with Crippen LogP contribution in [0, 0.1) is 13.8 Å². The van der Waals surface area contributed by atoms with Gasteiger partial charge in [0.2, 0.25) is 0 Å². The zero-order valence-corrected chi connectivity index (χ0v) is 13.7. The minimum atomic E-state index is -4.17. The maximum Gasteiger partial charge on any atom is 0.398 e. The lowest BCUT2D eigenvalue weighted by Crippen LogP contribution is -2.11. The molecule has 0 amide bonds. The molecule has 0 N–H and O–H groups in total. The number of rotatable bonds is 4. The zero-order chi connectivity index (χ0) is 15.8. The molecule has 1 nitrogen and oxygen atoms in total. The molecule has 6 heteroatoms. The van der Waals surface area contributed by atoms with Crippen LogP contribution < -0.4 is 0 Å². The van der Waals surface area contributed by atoms with Gasteiger partial charge < -0.3 is 0 Å². The molecule has 0 heterocycles. The normalized spacial score (nSPS) is 18.0. The first-order valence-electron chi connectivity index (χ1n) is 6.66. The Kier molecular flexibility index (Phi) is 4.64. The Balaban J connectivity index is 2.26. The summed E-state index contributed by atoms with van der Waals surface area (Å²) in [4.78, 5) is 4.81. The van der Waals surface area contributed by atoms with E-state index in [4.69, 9.17) is 11.6 Å². The molecule has 1 saturated carbocycles. The van der Waals surface area contributed by atoms with Gasteiger partial charge in [-0.3, -0.25) is 4.99 Å². The van der Waals surface area contributed by atoms with Crippen LogP contribution in [0.4, 0.5) is 18.9 Å². The smallest absolute Gasteiger partial charge is 0.256 e. The van der Waals surface area contributed by atoms with Crippen LogP contribution >= 0.6 is 23.4 Å². The summed E-state index contributed by atoms with van der Waals surface area (Å²) in [5.41, 5.74) is 3.33. The topological polar surface area (TPSA) is 12.4 Å². The van der Waals surface area contributed by atoms with Gasteiger partial charge in [0, 0.05) is 10.6 Å². The largest absolute Gasteiger partial charge is 0.398 e. The molecule has 1 fully saturated rings. The van der Waals surface area contributed by atoms with Crippen LogP contribution in [0.3, 0.4) is 0 Å². The van der Waals surface area contributed by atoms with Gasteiger partial charge in [0.05, 0.1) is 16.3 Å². The molecule has 1 aromatic rings. The minimum absolute atomic E-state index is 0.337. The van der Waals surface area contributed by atoms with E-state index in [0.29, 0.717) is 10.6 Å². The average Bonchev–Trinajstić information content (AvgIpc) is 3.09. The Morgan fingerprint density at radius 2 is 1.90 bits per heavy atom. The number of benzene rings is 1. The maximum atomic E-state index is 12.4. The van der Waals surface area contributed by atoms with Crippen LogP contribution in [0.1, 0.15) is 30.9 Å². The fourth-order valence-electron chi connectivity index (χ4n) is 2.01. The van der Waals surface area contributed by atoms with Crippen molar-refractivity contribution in [2.75, 3.05) is 5.75 Å². The lowest BCUT2D eigenvalue weighted by molar-refractivity contribution is -0.105. The number of aliphatic imine (C=N–C) groups is 1. The third-order valence-electron chi connectivity index (χ3n) is 3.51. The first-order valence-corrected chi connectivity index (χ1v) is 8.02. The Labute approximate surface area is 132 Å².